The third-order valence-corrected chi connectivity index (χ3v) is 5.09. The van der Waals surface area contributed by atoms with E-state index in [9.17, 15) is 37.1 Å². The molecule has 8 nitrogen and oxygen atoms in total. The molecule has 34 heavy (non-hydrogen) atoms. The smallest absolute Gasteiger partial charge is 0.274 e. The molecule has 0 atom stereocenters. The van der Waals surface area contributed by atoms with E-state index < -0.39 is 58.9 Å². The number of carbonyl (C=O) groups excluding carboxylic acids is 2. The van der Waals surface area contributed by atoms with Gasteiger partial charge in [0, 0.05) is 50.7 Å². The number of hydrogen-bond donors (Lipinski definition) is 2. The van der Waals surface area contributed by atoms with Gasteiger partial charge in [0.2, 0.25) is 5.43 Å². The van der Waals surface area contributed by atoms with Crippen molar-refractivity contribution in [3.05, 3.63) is 62.6 Å². The number of hydrogen-bond acceptors (Lipinski definition) is 5. The molecule has 1 aromatic heterocycles. The van der Waals surface area contributed by atoms with Crippen molar-refractivity contribution in [1.82, 2.24) is 14.8 Å². The van der Waals surface area contributed by atoms with Crippen molar-refractivity contribution in [3.8, 4) is 5.75 Å². The van der Waals surface area contributed by atoms with Gasteiger partial charge in [-0.25, -0.2) is 17.6 Å². The van der Waals surface area contributed by atoms with E-state index in [1.165, 1.54) is 6.92 Å². The Labute approximate surface area is 192 Å². The fourth-order valence-corrected chi connectivity index (χ4v) is 3.16. The average Bonchev–Trinajstić information content (AvgIpc) is 2.80. The van der Waals surface area contributed by atoms with Crippen molar-refractivity contribution < 1.29 is 37.0 Å². The highest BCUT2D eigenvalue weighted by molar-refractivity contribution is 5.99. The van der Waals surface area contributed by atoms with Crippen LogP contribution in [-0.2, 0) is 17.8 Å². The van der Waals surface area contributed by atoms with Gasteiger partial charge < -0.3 is 24.6 Å². The Balaban J connectivity index is 0.000000945. The van der Waals surface area contributed by atoms with Crippen molar-refractivity contribution in [2.75, 3.05) is 26.8 Å². The zero-order chi connectivity index (χ0) is 25.6. The summed E-state index contributed by atoms with van der Waals surface area (Å²) >= 11 is 0. The van der Waals surface area contributed by atoms with Crippen molar-refractivity contribution >= 4 is 11.8 Å². The second-order valence-electron chi connectivity index (χ2n) is 7.31. The van der Waals surface area contributed by atoms with E-state index in [0.29, 0.717) is 0 Å². The number of aromatic nitrogens is 1. The van der Waals surface area contributed by atoms with Gasteiger partial charge in [0.25, 0.3) is 18.2 Å². The molecule has 0 unspecified atom stereocenters. The van der Waals surface area contributed by atoms with E-state index >= 15 is 0 Å². The third-order valence-electron chi connectivity index (χ3n) is 5.09. The topological polar surface area (TPSA) is 101 Å². The number of nitrogens with zero attached hydrogens (tertiary/aromatic N) is 2. The first-order valence-corrected chi connectivity index (χ1v) is 10.3. The molecule has 3 rings (SSSR count). The molecular formula is C22H25F4N3O5. The first-order chi connectivity index (χ1) is 16.0. The van der Waals surface area contributed by atoms with Crippen LogP contribution in [0, 0.1) is 18.6 Å². The maximum Gasteiger partial charge on any atom is 0.274 e. The normalized spacial score (nSPS) is 12.8. The molecule has 0 saturated heterocycles. The summed E-state index contributed by atoms with van der Waals surface area (Å²) < 4.78 is 58.3. The van der Waals surface area contributed by atoms with E-state index in [1.54, 1.807) is 7.11 Å². The molecule has 2 amide bonds. The number of pyridine rings is 1. The monoisotopic (exact) mass is 487 g/mol. The molecule has 0 fully saturated rings. The summed E-state index contributed by atoms with van der Waals surface area (Å²) in [5, 5.41) is 12.4. The average molecular weight is 487 g/mol. The lowest BCUT2D eigenvalue weighted by atomic mass is 10.1. The van der Waals surface area contributed by atoms with Gasteiger partial charge in [0.15, 0.2) is 11.4 Å². The van der Waals surface area contributed by atoms with Crippen LogP contribution in [0.3, 0.4) is 0 Å². The van der Waals surface area contributed by atoms with Crippen LogP contribution in [0.4, 0.5) is 17.6 Å². The minimum Gasteiger partial charge on any atom is -0.503 e. The van der Waals surface area contributed by atoms with Crippen molar-refractivity contribution in [2.45, 2.75) is 33.4 Å². The number of ether oxygens (including phenoxy) is 1. The lowest BCUT2D eigenvalue weighted by Crippen LogP contribution is -2.44. The zero-order valence-corrected chi connectivity index (χ0v) is 18.8. The Morgan fingerprint density at radius 1 is 1.24 bits per heavy atom. The molecule has 1 aromatic carbocycles. The summed E-state index contributed by atoms with van der Waals surface area (Å²) in [4.78, 5) is 37.9. The highest BCUT2D eigenvalue weighted by Gasteiger charge is 2.32. The Kier molecular flexibility index (Phi) is 9.19. The number of amides is 2. The summed E-state index contributed by atoms with van der Waals surface area (Å²) in [6.45, 7) is 2.69. The fraction of sp³-hybridized carbons (Fsp3) is 0.409. The standard InChI is InChI=1S/C19H17F4N3O4.C3H8O/c1-9-12(20)3-2-10(14(9)23)6-24-18(29)11-7-25-4-5-26(8-13(21)22)19(30)15(25)17(28)16(11)27;1-3-4-2/h2-3,7,13,28H,4-6,8H2,1H3,(H,24,29);3H2,1-2H3. The lowest BCUT2D eigenvalue weighted by Gasteiger charge is -2.30. The molecule has 0 aliphatic carbocycles. The quantitative estimate of drug-likeness (QED) is 0.610. The summed E-state index contributed by atoms with van der Waals surface area (Å²) in [7, 11) is 1.68. The van der Waals surface area contributed by atoms with Crippen LogP contribution in [0.2, 0.25) is 0 Å². The largest absolute Gasteiger partial charge is 0.503 e. The number of alkyl halides is 2. The fourth-order valence-electron chi connectivity index (χ4n) is 3.16. The maximum absolute atomic E-state index is 14.1. The molecule has 186 valence electrons. The first kappa shape index (κ1) is 26.8. The number of carbonyl (C=O) groups is 2. The van der Waals surface area contributed by atoms with Gasteiger partial charge >= 0.3 is 0 Å². The van der Waals surface area contributed by atoms with E-state index in [0.717, 1.165) is 34.4 Å². The molecule has 2 N–H and O–H groups in total. The molecular weight excluding hydrogens is 462 g/mol. The Bertz CT molecular complexity index is 1120. The number of aromatic hydroxyl groups is 1. The predicted octanol–water partition coefficient (Wildman–Crippen LogP) is 2.44. The molecule has 0 saturated carbocycles. The lowest BCUT2D eigenvalue weighted by molar-refractivity contribution is 0.0491. The molecule has 2 aromatic rings. The minimum atomic E-state index is -2.78. The summed E-state index contributed by atoms with van der Waals surface area (Å²) in [6, 6.07) is 2.18. The first-order valence-electron chi connectivity index (χ1n) is 10.3. The van der Waals surface area contributed by atoms with Gasteiger partial charge in [0.05, 0.1) is 6.54 Å². The zero-order valence-electron chi connectivity index (χ0n) is 18.8. The van der Waals surface area contributed by atoms with Gasteiger partial charge in [-0.1, -0.05) is 6.07 Å². The summed E-state index contributed by atoms with van der Waals surface area (Å²) in [6.07, 6.45) is -1.74. The van der Waals surface area contributed by atoms with Gasteiger partial charge in [-0.15, -0.1) is 0 Å². The van der Waals surface area contributed by atoms with E-state index in [2.05, 4.69) is 10.1 Å². The van der Waals surface area contributed by atoms with Crippen LogP contribution < -0.4 is 10.7 Å². The van der Waals surface area contributed by atoms with Crippen LogP contribution in [0.25, 0.3) is 0 Å². The Hall–Kier alpha value is -3.41. The third kappa shape index (κ3) is 5.93. The van der Waals surface area contributed by atoms with Gasteiger partial charge in [-0.2, -0.15) is 0 Å². The van der Waals surface area contributed by atoms with Crippen LogP contribution >= 0.6 is 0 Å². The number of nitrogens with one attached hydrogen (secondary N) is 1. The van der Waals surface area contributed by atoms with Gasteiger partial charge in [-0.3, -0.25) is 14.4 Å². The molecule has 1 aliphatic rings. The summed E-state index contributed by atoms with van der Waals surface area (Å²) in [5.74, 6) is -4.52. The highest BCUT2D eigenvalue weighted by atomic mass is 19.3. The minimum absolute atomic E-state index is 0.0117. The van der Waals surface area contributed by atoms with Crippen LogP contribution in [0.15, 0.2) is 23.1 Å². The van der Waals surface area contributed by atoms with Gasteiger partial charge in [0.1, 0.15) is 17.2 Å². The number of methoxy groups -OCH3 is 1. The van der Waals surface area contributed by atoms with Crippen LogP contribution in [0.5, 0.6) is 5.75 Å². The Morgan fingerprint density at radius 3 is 2.47 bits per heavy atom. The molecule has 2 heterocycles. The summed E-state index contributed by atoms with van der Waals surface area (Å²) in [5.41, 5.74) is -2.39. The SMILES string of the molecule is CCOC.Cc1c(F)ccc(CNC(=O)c2cn3c(c(O)c2=O)C(=O)N(CC(F)F)CC3)c1F. The highest BCUT2D eigenvalue weighted by Crippen LogP contribution is 2.21. The number of rotatable bonds is 6. The molecule has 0 radical (unpaired) electrons. The van der Waals surface area contributed by atoms with Crippen molar-refractivity contribution in [3.63, 3.8) is 0 Å². The number of fused-ring (bicyclic) bond motifs is 1. The second-order valence-corrected chi connectivity index (χ2v) is 7.31. The number of benzene rings is 1. The predicted molar refractivity (Wildman–Crippen MR) is 114 cm³/mol. The van der Waals surface area contributed by atoms with Crippen LogP contribution in [-0.4, -0.2) is 59.6 Å². The van der Waals surface area contributed by atoms with E-state index in [1.807, 2.05) is 6.92 Å². The molecule has 0 spiro atoms. The van der Waals surface area contributed by atoms with Crippen LogP contribution in [0.1, 0.15) is 38.9 Å². The number of halogens is 4. The van der Waals surface area contributed by atoms with E-state index in [-0.39, 0.29) is 30.8 Å². The van der Waals surface area contributed by atoms with E-state index in [4.69, 9.17) is 0 Å². The van der Waals surface area contributed by atoms with Crippen molar-refractivity contribution in [1.29, 1.82) is 0 Å². The maximum atomic E-state index is 14.1. The Morgan fingerprint density at radius 2 is 1.88 bits per heavy atom. The molecule has 12 heteroatoms. The van der Waals surface area contributed by atoms with Crippen molar-refractivity contribution in [2.24, 2.45) is 0 Å². The molecule has 0 bridgehead atoms. The second kappa shape index (κ2) is 11.6. The molecule has 1 aliphatic heterocycles. The van der Waals surface area contributed by atoms with Gasteiger partial charge in [-0.05, 0) is 19.9 Å².